The minimum Gasteiger partial charge on any atom is -0.493 e. The van der Waals surface area contributed by atoms with Crippen LogP contribution in [0.4, 0.5) is 9.59 Å². The molecule has 4 aliphatic heterocycles. The van der Waals surface area contributed by atoms with E-state index < -0.39 is 6.09 Å². The maximum atomic E-state index is 14.4. The lowest BCUT2D eigenvalue weighted by Gasteiger charge is -2.34. The van der Waals surface area contributed by atoms with E-state index in [9.17, 15) is 19.2 Å². The smallest absolute Gasteiger partial charge is 0.421 e. The van der Waals surface area contributed by atoms with Gasteiger partial charge in [-0.15, -0.1) is 0 Å². The van der Waals surface area contributed by atoms with Crippen LogP contribution < -0.4 is 15.5 Å². The van der Waals surface area contributed by atoms with Gasteiger partial charge in [0.05, 0.1) is 61.8 Å². The number of benzene rings is 2. The van der Waals surface area contributed by atoms with Crippen LogP contribution in [0, 0.1) is 22.7 Å². The minimum atomic E-state index is -0.463. The molecule has 1 aliphatic carbocycles. The molecule has 0 unspecified atom stereocenters. The highest BCUT2D eigenvalue weighted by Crippen LogP contribution is 2.40. The summed E-state index contributed by atoms with van der Waals surface area (Å²) in [4.78, 5) is 74.2. The molecule has 412 valence electrons. The van der Waals surface area contributed by atoms with Crippen molar-refractivity contribution < 1.29 is 38.1 Å². The summed E-state index contributed by atoms with van der Waals surface area (Å²) in [7, 11) is 0. The molecule has 0 radical (unpaired) electrons. The van der Waals surface area contributed by atoms with Crippen LogP contribution in [-0.2, 0) is 23.8 Å². The van der Waals surface area contributed by atoms with Crippen molar-refractivity contribution in [1.82, 2.24) is 45.5 Å². The summed E-state index contributed by atoms with van der Waals surface area (Å²) in [5.74, 6) is 2.37. The van der Waals surface area contributed by atoms with Gasteiger partial charge in [0.1, 0.15) is 17.4 Å². The lowest BCUT2D eigenvalue weighted by Crippen LogP contribution is -2.49. The van der Waals surface area contributed by atoms with Gasteiger partial charge in [0.25, 0.3) is 0 Å². The topological polar surface area (TPSA) is 196 Å². The molecule has 4 amide bonds. The fourth-order valence-electron chi connectivity index (χ4n) is 11.4. The van der Waals surface area contributed by atoms with Crippen LogP contribution in [0.1, 0.15) is 162 Å². The number of alkyl carbamates (subject to hydrolysis) is 1. The molecule has 76 heavy (non-hydrogen) atoms. The number of fused-ring (bicyclic) bond motifs is 7. The van der Waals surface area contributed by atoms with Gasteiger partial charge in [-0.25, -0.2) is 24.6 Å². The SMILES string of the molecule is CC(C)(C)COC(=O)NC1CCC(C(=O)N2CCC[C@H]2c2ncc(-c3ccc(-c4ccc5c(c4)OCCCCCCCCO[C@H]4C[C@@H](c6ncc-5[nH]6)N(C(=O)C5CCN(NC(=O)OCC(C)(C)C)CC5)C4)cc3)[nH]2)CC1. The highest BCUT2D eigenvalue weighted by atomic mass is 16.6. The van der Waals surface area contributed by atoms with Gasteiger partial charge in [0, 0.05) is 62.6 Å². The number of aromatic nitrogens is 4. The van der Waals surface area contributed by atoms with E-state index in [-0.39, 0.29) is 64.8 Å². The molecule has 1 saturated carbocycles. The van der Waals surface area contributed by atoms with Crippen LogP contribution in [0.2, 0.25) is 0 Å². The number of hydrogen-bond donors (Lipinski definition) is 4. The lowest BCUT2D eigenvalue weighted by atomic mass is 9.85. The summed E-state index contributed by atoms with van der Waals surface area (Å²) in [5, 5.41) is 4.87. The molecule has 3 saturated heterocycles. The Morgan fingerprint density at radius 2 is 1.22 bits per heavy atom. The highest BCUT2D eigenvalue weighted by molar-refractivity contribution is 5.81. The van der Waals surface area contributed by atoms with Crippen LogP contribution in [0.15, 0.2) is 54.9 Å². The Morgan fingerprint density at radius 3 is 1.93 bits per heavy atom. The Balaban J connectivity index is 0.849. The van der Waals surface area contributed by atoms with Crippen molar-refractivity contribution in [3.63, 3.8) is 0 Å². The van der Waals surface area contributed by atoms with Crippen LogP contribution in [-0.4, -0.2) is 123 Å². The zero-order chi connectivity index (χ0) is 53.4. The molecule has 4 fully saturated rings. The van der Waals surface area contributed by atoms with E-state index in [1.54, 1.807) is 0 Å². The maximum absolute atomic E-state index is 14.4. The Hall–Kier alpha value is -5.94. The number of rotatable bonds is 9. The number of H-pyrrole nitrogens is 2. The largest absolute Gasteiger partial charge is 0.493 e. The van der Waals surface area contributed by atoms with Crippen molar-refractivity contribution >= 4 is 24.0 Å². The number of nitrogens with zero attached hydrogens (tertiary/aromatic N) is 5. The van der Waals surface area contributed by atoms with Gasteiger partial charge in [-0.3, -0.25) is 15.0 Å². The van der Waals surface area contributed by atoms with E-state index in [1.807, 2.05) is 68.7 Å². The van der Waals surface area contributed by atoms with E-state index in [0.717, 1.165) is 128 Å². The monoisotopic (exact) mass is 1050 g/mol. The van der Waals surface area contributed by atoms with Crippen molar-refractivity contribution in [2.75, 3.05) is 52.6 Å². The highest BCUT2D eigenvalue weighted by Gasteiger charge is 2.42. The fourth-order valence-corrected chi connectivity index (χ4v) is 11.4. The molecule has 4 aromatic rings. The Bertz CT molecular complexity index is 2580. The number of nitrogens with one attached hydrogen (secondary N) is 4. The van der Waals surface area contributed by atoms with Gasteiger partial charge < -0.3 is 44.0 Å². The number of imidazole rings is 2. The van der Waals surface area contributed by atoms with E-state index in [1.165, 1.54) is 0 Å². The van der Waals surface area contributed by atoms with Crippen LogP contribution >= 0.6 is 0 Å². The van der Waals surface area contributed by atoms with Gasteiger partial charge in [-0.2, -0.15) is 0 Å². The number of carbonyl (C=O) groups is 4. The van der Waals surface area contributed by atoms with Gasteiger partial charge in [-0.1, -0.05) is 97.6 Å². The molecule has 17 heteroatoms. The van der Waals surface area contributed by atoms with Crippen molar-refractivity contribution in [2.45, 2.75) is 162 Å². The number of carbonyl (C=O) groups excluding carboxylic acids is 4. The molecule has 0 spiro atoms. The average molecular weight is 1050 g/mol. The number of ether oxygens (including phenoxy) is 4. The van der Waals surface area contributed by atoms with Crippen molar-refractivity contribution in [2.24, 2.45) is 22.7 Å². The summed E-state index contributed by atoms with van der Waals surface area (Å²) < 4.78 is 23.9. The van der Waals surface area contributed by atoms with Crippen molar-refractivity contribution in [3.8, 4) is 39.4 Å². The fraction of sp³-hybridized carbons (Fsp3) is 0.627. The Labute approximate surface area is 449 Å². The Morgan fingerprint density at radius 1 is 0.632 bits per heavy atom. The van der Waals surface area contributed by atoms with Gasteiger partial charge in [-0.05, 0) is 104 Å². The number of piperidine rings is 1. The molecule has 17 nitrogen and oxygen atoms in total. The third-order valence-electron chi connectivity index (χ3n) is 15.6. The first-order valence-corrected chi connectivity index (χ1v) is 28.4. The first kappa shape index (κ1) is 54.8. The van der Waals surface area contributed by atoms with E-state index in [2.05, 4.69) is 63.2 Å². The molecular weight excluding hydrogens is 963 g/mol. The summed E-state index contributed by atoms with van der Waals surface area (Å²) in [6.45, 7) is 16.5. The van der Waals surface area contributed by atoms with Gasteiger partial charge in [0.15, 0.2) is 0 Å². The zero-order valence-electron chi connectivity index (χ0n) is 45.9. The molecule has 4 N–H and O–H groups in total. The number of hydrogen-bond acceptors (Lipinski definition) is 11. The summed E-state index contributed by atoms with van der Waals surface area (Å²) in [6.07, 6.45) is 15.9. The molecule has 6 heterocycles. The van der Waals surface area contributed by atoms with Gasteiger partial charge in [0.2, 0.25) is 11.8 Å². The molecule has 2 aromatic carbocycles. The van der Waals surface area contributed by atoms with Crippen LogP contribution in [0.3, 0.4) is 0 Å². The molecule has 3 atom stereocenters. The standard InChI is InChI=1S/C59H83N9O8/c1-58(2,3)37-75-56(71)62-44-22-19-41(20-23-44)54(69)67-27-13-14-49(67)52-60-34-47(63-52)40-17-15-39(16-18-40)43-21-24-46-48-35-61-53(64-48)50-33-45(73-30-11-9-7-8-10-12-31-74-51(46)32-43)36-68(50)55(70)42-25-28-66(29-26-42)65-57(72)76-38-59(4,5)6/h15-18,21,24,32,34-35,41-42,44-45,49-50H,7-14,19-20,22-23,25-31,33,36-38H2,1-6H3,(H,60,63)(H,61,64)(H,62,71)(H,65,72)/t41?,44?,45-,49-,50-/m0/s1. The molecular formula is C59H83N9O8. The molecule has 4 bridgehead atoms. The number of hydrazine groups is 1. The second-order valence-corrected chi connectivity index (χ2v) is 24.4. The predicted octanol–water partition coefficient (Wildman–Crippen LogP) is 10.9. The van der Waals surface area contributed by atoms with Crippen LogP contribution in [0.25, 0.3) is 33.6 Å². The predicted molar refractivity (Wildman–Crippen MR) is 291 cm³/mol. The Kier molecular flexibility index (Phi) is 17.7. The molecule has 5 aliphatic rings. The van der Waals surface area contributed by atoms with Crippen molar-refractivity contribution in [3.05, 3.63) is 66.5 Å². The average Bonchev–Trinajstić information content (AvgIpc) is 4.26. The van der Waals surface area contributed by atoms with Gasteiger partial charge >= 0.3 is 12.2 Å². The zero-order valence-corrected chi connectivity index (χ0v) is 45.9. The third-order valence-corrected chi connectivity index (χ3v) is 15.6. The number of aromatic amines is 2. The maximum Gasteiger partial charge on any atom is 0.421 e. The number of likely N-dealkylation sites (tertiary alicyclic amines) is 2. The van der Waals surface area contributed by atoms with E-state index >= 15 is 0 Å². The summed E-state index contributed by atoms with van der Waals surface area (Å²) >= 11 is 0. The third kappa shape index (κ3) is 14.3. The minimum absolute atomic E-state index is 0.0207. The van der Waals surface area contributed by atoms with Crippen molar-refractivity contribution in [1.29, 1.82) is 0 Å². The second kappa shape index (κ2) is 24.6. The molecule has 9 rings (SSSR count). The van der Waals surface area contributed by atoms with E-state index in [4.69, 9.17) is 28.9 Å². The summed E-state index contributed by atoms with van der Waals surface area (Å²) in [6, 6.07) is 14.5. The summed E-state index contributed by atoms with van der Waals surface area (Å²) in [5.41, 5.74) is 8.36. The quantitative estimate of drug-likeness (QED) is 0.124. The molecule has 2 aromatic heterocycles. The normalized spacial score (nSPS) is 23.4. The van der Waals surface area contributed by atoms with Crippen LogP contribution in [0.5, 0.6) is 5.75 Å². The first-order chi connectivity index (χ1) is 36.5. The lowest BCUT2D eigenvalue weighted by molar-refractivity contribution is -0.139. The second-order valence-electron chi connectivity index (χ2n) is 24.4. The first-order valence-electron chi connectivity index (χ1n) is 28.4. The number of amides is 4. The van der Waals surface area contributed by atoms with E-state index in [0.29, 0.717) is 71.9 Å².